The van der Waals surface area contributed by atoms with E-state index in [0.29, 0.717) is 0 Å². The fourth-order valence-corrected chi connectivity index (χ4v) is 2.78. The number of halogens is 1. The van der Waals surface area contributed by atoms with Crippen molar-refractivity contribution in [3.05, 3.63) is 35.1 Å². The molecule has 0 amide bonds. The second kappa shape index (κ2) is 4.75. The first kappa shape index (κ1) is 12.5. The quantitative estimate of drug-likeness (QED) is 0.872. The van der Waals surface area contributed by atoms with Crippen molar-refractivity contribution in [3.8, 4) is 0 Å². The molecule has 1 aliphatic rings. The standard InChI is InChI=1S/C14H20FNO/c1-10-7-11(9-12(15)8-10)13(16-3)14(2)5-4-6-17-14/h7-9,13,16H,4-6H2,1-3H3. The van der Waals surface area contributed by atoms with E-state index < -0.39 is 0 Å². The maximum atomic E-state index is 13.5. The Kier molecular flexibility index (Phi) is 3.50. The van der Waals surface area contributed by atoms with Gasteiger partial charge in [0.15, 0.2) is 0 Å². The van der Waals surface area contributed by atoms with Crippen molar-refractivity contribution in [1.29, 1.82) is 0 Å². The van der Waals surface area contributed by atoms with Gasteiger partial charge in [-0.3, -0.25) is 0 Å². The summed E-state index contributed by atoms with van der Waals surface area (Å²) in [5.74, 6) is -0.179. The van der Waals surface area contributed by atoms with Gasteiger partial charge in [0.1, 0.15) is 5.82 Å². The summed E-state index contributed by atoms with van der Waals surface area (Å²) >= 11 is 0. The van der Waals surface area contributed by atoms with Gasteiger partial charge in [-0.2, -0.15) is 0 Å². The van der Waals surface area contributed by atoms with Crippen molar-refractivity contribution in [3.63, 3.8) is 0 Å². The van der Waals surface area contributed by atoms with Crippen LogP contribution >= 0.6 is 0 Å². The maximum absolute atomic E-state index is 13.5. The molecule has 2 nitrogen and oxygen atoms in total. The van der Waals surface area contributed by atoms with Crippen LogP contribution in [0.4, 0.5) is 4.39 Å². The molecule has 1 heterocycles. The second-order valence-corrected chi connectivity index (χ2v) is 5.05. The Balaban J connectivity index is 2.34. The van der Waals surface area contributed by atoms with E-state index in [-0.39, 0.29) is 17.5 Å². The third-order valence-corrected chi connectivity index (χ3v) is 3.55. The lowest BCUT2D eigenvalue weighted by Gasteiger charge is -2.33. The molecule has 1 saturated heterocycles. The Hall–Kier alpha value is -0.930. The molecule has 0 spiro atoms. The van der Waals surface area contributed by atoms with Gasteiger partial charge in [-0.15, -0.1) is 0 Å². The van der Waals surface area contributed by atoms with Gasteiger partial charge in [0.05, 0.1) is 11.6 Å². The third kappa shape index (κ3) is 2.50. The molecule has 0 bridgehead atoms. The first-order valence-corrected chi connectivity index (χ1v) is 6.13. The first-order valence-electron chi connectivity index (χ1n) is 6.13. The fourth-order valence-electron chi connectivity index (χ4n) is 2.78. The largest absolute Gasteiger partial charge is 0.373 e. The summed E-state index contributed by atoms with van der Waals surface area (Å²) in [6, 6.07) is 5.21. The van der Waals surface area contributed by atoms with Crippen LogP contribution in [0.2, 0.25) is 0 Å². The van der Waals surface area contributed by atoms with E-state index in [9.17, 15) is 4.39 Å². The van der Waals surface area contributed by atoms with Crippen LogP contribution in [0.25, 0.3) is 0 Å². The average Bonchev–Trinajstić information content (AvgIpc) is 2.65. The summed E-state index contributed by atoms with van der Waals surface area (Å²) in [4.78, 5) is 0. The minimum absolute atomic E-state index is 0.0411. The van der Waals surface area contributed by atoms with E-state index in [1.165, 1.54) is 0 Å². The average molecular weight is 237 g/mol. The van der Waals surface area contributed by atoms with Gasteiger partial charge in [-0.05, 0) is 57.0 Å². The van der Waals surface area contributed by atoms with Crippen molar-refractivity contribution < 1.29 is 9.13 Å². The molecule has 1 N–H and O–H groups in total. The Morgan fingerprint density at radius 3 is 2.71 bits per heavy atom. The van der Waals surface area contributed by atoms with Crippen LogP contribution in [0, 0.1) is 12.7 Å². The molecule has 1 fully saturated rings. The molecule has 0 saturated carbocycles. The van der Waals surface area contributed by atoms with Gasteiger partial charge in [-0.1, -0.05) is 6.07 Å². The highest BCUT2D eigenvalue weighted by molar-refractivity contribution is 5.28. The number of benzene rings is 1. The summed E-state index contributed by atoms with van der Waals surface area (Å²) in [6.45, 7) is 4.81. The Bertz CT molecular complexity index is 379. The summed E-state index contributed by atoms with van der Waals surface area (Å²) in [5, 5.41) is 3.26. The van der Waals surface area contributed by atoms with Crippen molar-refractivity contribution in [1.82, 2.24) is 5.32 Å². The third-order valence-electron chi connectivity index (χ3n) is 3.55. The predicted molar refractivity (Wildman–Crippen MR) is 66.5 cm³/mol. The lowest BCUT2D eigenvalue weighted by atomic mass is 9.87. The van der Waals surface area contributed by atoms with Crippen LogP contribution in [-0.2, 0) is 4.74 Å². The lowest BCUT2D eigenvalue weighted by Crippen LogP contribution is -2.39. The topological polar surface area (TPSA) is 21.3 Å². The van der Waals surface area contributed by atoms with Crippen LogP contribution < -0.4 is 5.32 Å². The van der Waals surface area contributed by atoms with Gasteiger partial charge in [0.25, 0.3) is 0 Å². The minimum Gasteiger partial charge on any atom is -0.373 e. The number of hydrogen-bond acceptors (Lipinski definition) is 2. The number of nitrogens with one attached hydrogen (secondary N) is 1. The molecule has 0 aliphatic carbocycles. The number of aryl methyl sites for hydroxylation is 1. The van der Waals surface area contributed by atoms with Gasteiger partial charge in [-0.25, -0.2) is 4.39 Å². The Morgan fingerprint density at radius 2 is 2.18 bits per heavy atom. The molecular weight excluding hydrogens is 217 g/mol. The minimum atomic E-state index is -0.227. The SMILES string of the molecule is CNC(c1cc(C)cc(F)c1)C1(C)CCCO1. The molecule has 2 atom stereocenters. The van der Waals surface area contributed by atoms with Crippen molar-refractivity contribution in [2.24, 2.45) is 0 Å². The van der Waals surface area contributed by atoms with Crippen molar-refractivity contribution >= 4 is 0 Å². The lowest BCUT2D eigenvalue weighted by molar-refractivity contribution is -0.0105. The van der Waals surface area contributed by atoms with Crippen molar-refractivity contribution in [2.45, 2.75) is 38.3 Å². The molecular formula is C14H20FNO. The summed E-state index contributed by atoms with van der Waals surface area (Å²) < 4.78 is 19.3. The number of hydrogen-bond donors (Lipinski definition) is 1. The molecule has 1 aromatic rings. The van der Waals surface area contributed by atoms with Gasteiger partial charge in [0.2, 0.25) is 0 Å². The van der Waals surface area contributed by atoms with Crippen LogP contribution in [0.5, 0.6) is 0 Å². The number of likely N-dealkylation sites (N-methyl/N-ethyl adjacent to an activating group) is 1. The molecule has 17 heavy (non-hydrogen) atoms. The first-order chi connectivity index (χ1) is 8.05. The monoisotopic (exact) mass is 237 g/mol. The smallest absolute Gasteiger partial charge is 0.123 e. The molecule has 0 radical (unpaired) electrons. The van der Waals surface area contributed by atoms with E-state index in [4.69, 9.17) is 4.74 Å². The van der Waals surface area contributed by atoms with E-state index in [1.807, 2.05) is 20.0 Å². The molecule has 94 valence electrons. The zero-order valence-corrected chi connectivity index (χ0v) is 10.7. The highest BCUT2D eigenvalue weighted by Crippen LogP contribution is 2.37. The van der Waals surface area contributed by atoms with Gasteiger partial charge in [0, 0.05) is 6.61 Å². The zero-order valence-electron chi connectivity index (χ0n) is 10.7. The summed E-state index contributed by atoms with van der Waals surface area (Å²) in [5.41, 5.74) is 1.69. The number of rotatable bonds is 3. The summed E-state index contributed by atoms with van der Waals surface area (Å²) in [6.07, 6.45) is 2.08. The van der Waals surface area contributed by atoms with Crippen LogP contribution in [0.1, 0.15) is 36.9 Å². The summed E-state index contributed by atoms with van der Waals surface area (Å²) in [7, 11) is 1.90. The van der Waals surface area contributed by atoms with Crippen LogP contribution in [0.15, 0.2) is 18.2 Å². The highest BCUT2D eigenvalue weighted by atomic mass is 19.1. The zero-order chi connectivity index (χ0) is 12.5. The normalized spacial score (nSPS) is 26.1. The highest BCUT2D eigenvalue weighted by Gasteiger charge is 2.38. The van der Waals surface area contributed by atoms with Gasteiger partial charge < -0.3 is 10.1 Å². The Morgan fingerprint density at radius 1 is 1.41 bits per heavy atom. The van der Waals surface area contributed by atoms with E-state index in [0.717, 1.165) is 30.6 Å². The van der Waals surface area contributed by atoms with E-state index in [2.05, 4.69) is 12.2 Å². The molecule has 0 aromatic heterocycles. The van der Waals surface area contributed by atoms with Crippen LogP contribution in [0.3, 0.4) is 0 Å². The van der Waals surface area contributed by atoms with E-state index >= 15 is 0 Å². The van der Waals surface area contributed by atoms with E-state index in [1.54, 1.807) is 12.1 Å². The molecule has 2 rings (SSSR count). The Labute approximate surface area is 102 Å². The molecule has 1 aromatic carbocycles. The maximum Gasteiger partial charge on any atom is 0.123 e. The fraction of sp³-hybridized carbons (Fsp3) is 0.571. The number of ether oxygens (including phenoxy) is 1. The molecule has 2 unspecified atom stereocenters. The molecule has 3 heteroatoms. The van der Waals surface area contributed by atoms with Crippen molar-refractivity contribution in [2.75, 3.05) is 13.7 Å². The van der Waals surface area contributed by atoms with Gasteiger partial charge >= 0.3 is 0 Å². The second-order valence-electron chi connectivity index (χ2n) is 5.05. The molecule has 1 aliphatic heterocycles. The van der Waals surface area contributed by atoms with Crippen LogP contribution in [-0.4, -0.2) is 19.3 Å². The predicted octanol–water partition coefficient (Wildman–Crippen LogP) is 2.96.